The number of hydrogen-bond acceptors (Lipinski definition) is 2. The number of rotatable bonds is 3. The molecule has 16 heavy (non-hydrogen) atoms. The zero-order valence-electron chi connectivity index (χ0n) is 9.54. The molecule has 0 amide bonds. The van der Waals surface area contributed by atoms with Crippen LogP contribution in [0.25, 0.3) is 0 Å². The van der Waals surface area contributed by atoms with Crippen molar-refractivity contribution in [1.82, 2.24) is 4.98 Å². The van der Waals surface area contributed by atoms with Crippen molar-refractivity contribution in [2.45, 2.75) is 25.8 Å². The standard InChI is InChI=1S/C9H12BF3NO.K/c1-9(2,15)8-5-3-4-7(14-8)6-10(11,12)13;/h3-5,15H,6H2,1-2H3;/q-1;+1. The van der Waals surface area contributed by atoms with E-state index in [0.717, 1.165) is 0 Å². The molecule has 0 saturated heterocycles. The summed E-state index contributed by atoms with van der Waals surface area (Å²) in [6, 6.07) is 4.29. The van der Waals surface area contributed by atoms with Crippen molar-refractivity contribution in [2.75, 3.05) is 0 Å². The summed E-state index contributed by atoms with van der Waals surface area (Å²) in [6.45, 7) is -1.91. The summed E-state index contributed by atoms with van der Waals surface area (Å²) in [5.74, 6) is 0. The third kappa shape index (κ3) is 5.79. The summed E-state index contributed by atoms with van der Waals surface area (Å²) in [5, 5.41) is 9.57. The topological polar surface area (TPSA) is 33.1 Å². The number of aromatic nitrogens is 1. The Bertz CT molecular complexity index is 351. The van der Waals surface area contributed by atoms with E-state index in [2.05, 4.69) is 4.98 Å². The average Bonchev–Trinajstić information content (AvgIpc) is 1.99. The van der Waals surface area contributed by atoms with E-state index in [1.54, 1.807) is 0 Å². The molecule has 0 atom stereocenters. The van der Waals surface area contributed by atoms with E-state index in [4.69, 9.17) is 0 Å². The maximum Gasteiger partial charge on any atom is 1.00 e. The second-order valence-electron chi connectivity index (χ2n) is 3.99. The summed E-state index contributed by atoms with van der Waals surface area (Å²) in [5.41, 5.74) is -1.02. The molecular weight excluding hydrogens is 245 g/mol. The van der Waals surface area contributed by atoms with E-state index >= 15 is 0 Å². The molecule has 0 aromatic carbocycles. The summed E-state index contributed by atoms with van der Waals surface area (Å²) in [6.07, 6.45) is -1.01. The van der Waals surface area contributed by atoms with Gasteiger partial charge in [-0.3, -0.25) is 4.98 Å². The molecule has 1 aromatic rings. The number of pyridine rings is 1. The van der Waals surface area contributed by atoms with Crippen molar-refractivity contribution in [3.8, 4) is 0 Å². The van der Waals surface area contributed by atoms with E-state index < -0.39 is 18.9 Å². The molecule has 1 rings (SSSR count). The van der Waals surface area contributed by atoms with Gasteiger partial charge in [0, 0.05) is 5.69 Å². The molecule has 0 saturated carbocycles. The average molecular weight is 257 g/mol. The van der Waals surface area contributed by atoms with Crippen LogP contribution in [0.2, 0.25) is 0 Å². The molecule has 84 valence electrons. The van der Waals surface area contributed by atoms with Crippen molar-refractivity contribution in [3.05, 3.63) is 29.6 Å². The molecule has 0 aliphatic carbocycles. The Balaban J connectivity index is 0.00000225. The minimum absolute atomic E-state index is 0. The molecule has 2 nitrogen and oxygen atoms in total. The van der Waals surface area contributed by atoms with Crippen molar-refractivity contribution < 1.29 is 69.4 Å². The zero-order valence-corrected chi connectivity index (χ0v) is 12.7. The van der Waals surface area contributed by atoms with Crippen LogP contribution in [0.4, 0.5) is 12.9 Å². The number of hydrogen-bond donors (Lipinski definition) is 1. The van der Waals surface area contributed by atoms with Gasteiger partial charge in [-0.2, -0.15) is 0 Å². The predicted molar refractivity (Wildman–Crippen MR) is 52.3 cm³/mol. The molecule has 0 radical (unpaired) electrons. The van der Waals surface area contributed by atoms with E-state index in [-0.39, 0.29) is 62.8 Å². The molecule has 0 aliphatic heterocycles. The maximum absolute atomic E-state index is 12.1. The molecule has 1 heterocycles. The van der Waals surface area contributed by atoms with Crippen LogP contribution < -0.4 is 51.4 Å². The van der Waals surface area contributed by atoms with Crippen molar-refractivity contribution in [1.29, 1.82) is 0 Å². The number of aliphatic hydroxyl groups is 1. The van der Waals surface area contributed by atoms with Gasteiger partial charge in [0.2, 0.25) is 0 Å². The first kappa shape index (κ1) is 16.6. The van der Waals surface area contributed by atoms with Gasteiger partial charge in [-0.25, -0.2) is 0 Å². The van der Waals surface area contributed by atoms with Crippen LogP contribution in [-0.2, 0) is 11.9 Å². The Labute approximate surface area is 135 Å². The smallest absolute Gasteiger partial charge is 0.449 e. The van der Waals surface area contributed by atoms with E-state index in [1.165, 1.54) is 32.0 Å². The third-order valence-corrected chi connectivity index (χ3v) is 1.87. The molecule has 0 spiro atoms. The fraction of sp³-hybridized carbons (Fsp3) is 0.444. The van der Waals surface area contributed by atoms with E-state index in [1.807, 2.05) is 0 Å². The summed E-state index contributed by atoms with van der Waals surface area (Å²) in [4.78, 5) is 3.78. The van der Waals surface area contributed by atoms with Gasteiger partial charge in [-0.15, -0.1) is 0 Å². The Morgan fingerprint density at radius 3 is 2.31 bits per heavy atom. The van der Waals surface area contributed by atoms with Gasteiger partial charge in [0.1, 0.15) is 5.60 Å². The SMILES string of the molecule is CC(C)(O)c1cccc(C[B-](F)(F)F)n1.[K+]. The minimum atomic E-state index is -4.88. The second-order valence-corrected chi connectivity index (χ2v) is 3.99. The Kier molecular flexibility index (Phi) is 6.20. The molecule has 0 bridgehead atoms. The Hall–Kier alpha value is 0.601. The minimum Gasteiger partial charge on any atom is -0.449 e. The first-order valence-corrected chi connectivity index (χ1v) is 4.58. The van der Waals surface area contributed by atoms with Crippen LogP contribution in [0, 0.1) is 0 Å². The molecule has 1 N–H and O–H groups in total. The van der Waals surface area contributed by atoms with Gasteiger partial charge in [0.05, 0.1) is 5.69 Å². The van der Waals surface area contributed by atoms with Crippen LogP contribution in [0.5, 0.6) is 0 Å². The molecule has 0 aliphatic rings. The van der Waals surface area contributed by atoms with Crippen LogP contribution in [0.15, 0.2) is 18.2 Å². The van der Waals surface area contributed by atoms with Gasteiger partial charge in [0.25, 0.3) is 0 Å². The van der Waals surface area contributed by atoms with Crippen molar-refractivity contribution in [2.24, 2.45) is 0 Å². The molecule has 7 heteroatoms. The largest absolute Gasteiger partial charge is 1.00 e. The van der Waals surface area contributed by atoms with Crippen molar-refractivity contribution in [3.63, 3.8) is 0 Å². The Morgan fingerprint density at radius 1 is 1.31 bits per heavy atom. The van der Waals surface area contributed by atoms with Gasteiger partial charge in [0.15, 0.2) is 0 Å². The van der Waals surface area contributed by atoms with Crippen LogP contribution in [0.3, 0.4) is 0 Å². The maximum atomic E-state index is 12.1. The van der Waals surface area contributed by atoms with Crippen LogP contribution in [0.1, 0.15) is 25.2 Å². The third-order valence-electron chi connectivity index (χ3n) is 1.87. The van der Waals surface area contributed by atoms with Gasteiger partial charge in [-0.1, -0.05) is 6.07 Å². The first-order chi connectivity index (χ1) is 6.68. The monoisotopic (exact) mass is 257 g/mol. The van der Waals surface area contributed by atoms with Gasteiger partial charge < -0.3 is 18.1 Å². The summed E-state index contributed by atoms with van der Waals surface area (Å²) < 4.78 is 36.4. The van der Waals surface area contributed by atoms with Gasteiger partial charge in [-0.05, 0) is 32.3 Å². The normalized spacial score (nSPS) is 12.1. The molecule has 0 unspecified atom stereocenters. The van der Waals surface area contributed by atoms with Gasteiger partial charge >= 0.3 is 58.4 Å². The quantitative estimate of drug-likeness (QED) is 0.722. The zero-order chi connectivity index (χ0) is 11.7. The fourth-order valence-corrected chi connectivity index (χ4v) is 1.17. The van der Waals surface area contributed by atoms with Crippen LogP contribution >= 0.6 is 0 Å². The predicted octanol–water partition coefficient (Wildman–Crippen LogP) is -0.758. The van der Waals surface area contributed by atoms with Crippen LogP contribution in [-0.4, -0.2) is 17.1 Å². The van der Waals surface area contributed by atoms with E-state index in [0.29, 0.717) is 0 Å². The second kappa shape index (κ2) is 5.97. The fourth-order valence-electron chi connectivity index (χ4n) is 1.17. The summed E-state index contributed by atoms with van der Waals surface area (Å²) in [7, 11) is 0. The van der Waals surface area contributed by atoms with E-state index in [9.17, 15) is 18.1 Å². The number of nitrogens with zero attached hydrogens (tertiary/aromatic N) is 1. The number of halogens is 3. The molecule has 1 aromatic heterocycles. The summed E-state index contributed by atoms with van der Waals surface area (Å²) >= 11 is 0. The Morgan fingerprint density at radius 2 is 1.88 bits per heavy atom. The van der Waals surface area contributed by atoms with Crippen molar-refractivity contribution >= 4 is 6.98 Å². The first-order valence-electron chi connectivity index (χ1n) is 4.58. The molecular formula is C9H12BF3KNO. The molecule has 0 fully saturated rings.